The minimum atomic E-state index is 0. The van der Waals surface area contributed by atoms with Gasteiger partial charge in [0.2, 0.25) is 0 Å². The van der Waals surface area contributed by atoms with E-state index in [-0.39, 0.29) is 11.4 Å². The average molecular weight is 481 g/mol. The predicted octanol–water partition coefficient (Wildman–Crippen LogP) is 1.83. The maximum Gasteiger partial charge on any atom is 0.255 e. The zero-order valence-electron chi connectivity index (χ0n) is 20.7. The third-order valence-corrected chi connectivity index (χ3v) is 8.14. The van der Waals surface area contributed by atoms with Gasteiger partial charge in [-0.25, -0.2) is 9.97 Å². The monoisotopic (exact) mass is 480 g/mol. The molecule has 5 heterocycles. The number of hydrogen-bond donors (Lipinski definition) is 0. The number of fused-ring (bicyclic) bond motifs is 1. The summed E-state index contributed by atoms with van der Waals surface area (Å²) in [4.78, 5) is 34.4. The average Bonchev–Trinajstić information content (AvgIpc) is 3.41. The minimum absolute atomic E-state index is 0. The number of carbonyl (C=O) groups is 1. The molecule has 1 amide bonds. The molecule has 1 atom stereocenters. The quantitative estimate of drug-likeness (QED) is 0.644. The Morgan fingerprint density at radius 2 is 1.91 bits per heavy atom. The van der Waals surface area contributed by atoms with Crippen molar-refractivity contribution in [2.45, 2.75) is 38.8 Å². The number of nitrogens with zero attached hydrogens (tertiary/aromatic N) is 6. The number of anilines is 1. The third-order valence-electron chi connectivity index (χ3n) is 8.14. The molecular weight excluding hydrogens is 444 g/mol. The summed E-state index contributed by atoms with van der Waals surface area (Å²) in [5.41, 5.74) is 4.01. The summed E-state index contributed by atoms with van der Waals surface area (Å²) in [5, 5.41) is 2.14. The van der Waals surface area contributed by atoms with Crippen molar-refractivity contribution in [3.8, 4) is 11.3 Å². The molecule has 188 valence electrons. The summed E-state index contributed by atoms with van der Waals surface area (Å²) in [5.74, 6) is 1.05. The highest BCUT2D eigenvalue weighted by Crippen LogP contribution is 2.47. The number of aromatic nitrogens is 2. The number of hydroxylamine groups is 2. The topological polar surface area (TPSA) is 96.5 Å². The first-order valence-corrected chi connectivity index (χ1v) is 12.6. The highest BCUT2D eigenvalue weighted by molar-refractivity contribution is 5.98. The molecule has 0 bridgehead atoms. The van der Waals surface area contributed by atoms with E-state index in [1.807, 2.05) is 31.4 Å². The first kappa shape index (κ1) is 24.1. The second-order valence-corrected chi connectivity index (χ2v) is 10.4. The van der Waals surface area contributed by atoms with Gasteiger partial charge in [-0.3, -0.25) is 14.5 Å². The first-order valence-electron chi connectivity index (χ1n) is 12.6. The highest BCUT2D eigenvalue weighted by atomic mass is 16.7. The van der Waals surface area contributed by atoms with E-state index in [4.69, 9.17) is 14.8 Å². The van der Waals surface area contributed by atoms with Crippen LogP contribution in [0.25, 0.3) is 11.3 Å². The Morgan fingerprint density at radius 3 is 2.69 bits per heavy atom. The van der Waals surface area contributed by atoms with Crippen molar-refractivity contribution < 1.29 is 15.1 Å². The summed E-state index contributed by atoms with van der Waals surface area (Å²) in [6.07, 6.45) is 5.81. The molecule has 35 heavy (non-hydrogen) atoms. The standard InChI is InChI=1S/C26H34N6O2.H2O/c1-3-34-32-17-26(18-32)9-8-19(15-26)30-11-13-31(14-12-30)24-20(5-4-10-27-24)22-7-6-21-23(28-22)16-29(2)25(21)33;/h4-7,10,19H,3,8-9,11-18H2,1-2H3;1H2/t19-;/m1./s1. The molecule has 2 aromatic heterocycles. The Labute approximate surface area is 206 Å². The van der Waals surface area contributed by atoms with Crippen molar-refractivity contribution in [2.24, 2.45) is 5.41 Å². The van der Waals surface area contributed by atoms with E-state index in [1.54, 1.807) is 4.90 Å². The second-order valence-electron chi connectivity index (χ2n) is 10.4. The zero-order chi connectivity index (χ0) is 23.3. The van der Waals surface area contributed by atoms with Crippen LogP contribution in [0.1, 0.15) is 42.2 Å². The fourth-order valence-electron chi connectivity index (χ4n) is 6.37. The zero-order valence-corrected chi connectivity index (χ0v) is 20.7. The van der Waals surface area contributed by atoms with Crippen LogP contribution in [0.2, 0.25) is 0 Å². The van der Waals surface area contributed by atoms with Crippen LogP contribution in [0.5, 0.6) is 0 Å². The summed E-state index contributed by atoms with van der Waals surface area (Å²) in [6, 6.07) is 8.66. The Morgan fingerprint density at radius 1 is 1.11 bits per heavy atom. The van der Waals surface area contributed by atoms with E-state index in [0.29, 0.717) is 18.0 Å². The van der Waals surface area contributed by atoms with Crippen LogP contribution in [0, 0.1) is 5.41 Å². The van der Waals surface area contributed by atoms with E-state index in [2.05, 4.69) is 27.9 Å². The third kappa shape index (κ3) is 4.31. The SMILES string of the molecule is CCON1CC2(CC[C@@H](N3CCN(c4ncccc4-c4ccc5c(n4)CN(C)C5=O)CC3)C2)C1.O. The molecule has 0 aromatic carbocycles. The Hall–Kier alpha value is -2.59. The molecule has 4 aliphatic rings. The molecule has 3 aliphatic heterocycles. The van der Waals surface area contributed by atoms with Gasteiger partial charge >= 0.3 is 0 Å². The van der Waals surface area contributed by atoms with E-state index >= 15 is 0 Å². The summed E-state index contributed by atoms with van der Waals surface area (Å²) >= 11 is 0. The van der Waals surface area contributed by atoms with Gasteiger partial charge in [-0.1, -0.05) is 0 Å². The summed E-state index contributed by atoms with van der Waals surface area (Å²) < 4.78 is 0. The highest BCUT2D eigenvalue weighted by Gasteiger charge is 2.50. The number of hydrogen-bond acceptors (Lipinski definition) is 7. The van der Waals surface area contributed by atoms with Gasteiger partial charge in [0.15, 0.2) is 0 Å². The van der Waals surface area contributed by atoms with Crippen LogP contribution in [0.15, 0.2) is 30.5 Å². The fourth-order valence-corrected chi connectivity index (χ4v) is 6.37. The van der Waals surface area contributed by atoms with E-state index < -0.39 is 0 Å². The smallest absolute Gasteiger partial charge is 0.255 e. The van der Waals surface area contributed by atoms with Crippen molar-refractivity contribution in [2.75, 3.05) is 57.8 Å². The van der Waals surface area contributed by atoms with Crippen molar-refractivity contribution in [1.29, 1.82) is 0 Å². The van der Waals surface area contributed by atoms with Crippen LogP contribution in [0.3, 0.4) is 0 Å². The number of piperazine rings is 1. The first-order chi connectivity index (χ1) is 16.5. The number of amides is 1. The second kappa shape index (κ2) is 9.46. The number of carbonyl (C=O) groups excluding carboxylic acids is 1. The van der Waals surface area contributed by atoms with Crippen LogP contribution in [-0.4, -0.2) is 95.2 Å². The molecule has 2 aromatic rings. The molecule has 9 nitrogen and oxygen atoms in total. The normalized spacial score (nSPS) is 23.9. The lowest BCUT2D eigenvalue weighted by molar-refractivity contribution is -0.246. The van der Waals surface area contributed by atoms with E-state index in [1.165, 1.54) is 19.3 Å². The molecule has 0 radical (unpaired) electrons. The number of rotatable bonds is 5. The molecule has 6 rings (SSSR count). The molecule has 3 fully saturated rings. The van der Waals surface area contributed by atoms with Gasteiger partial charge < -0.3 is 15.3 Å². The van der Waals surface area contributed by atoms with Gasteiger partial charge in [-0.15, -0.1) is 0 Å². The van der Waals surface area contributed by atoms with E-state index in [9.17, 15) is 4.79 Å². The molecule has 1 spiro atoms. The number of pyridine rings is 2. The molecule has 9 heteroatoms. The molecule has 0 unspecified atom stereocenters. The van der Waals surface area contributed by atoms with Crippen LogP contribution in [-0.2, 0) is 11.4 Å². The van der Waals surface area contributed by atoms with Crippen LogP contribution >= 0.6 is 0 Å². The van der Waals surface area contributed by atoms with Crippen LogP contribution < -0.4 is 4.90 Å². The van der Waals surface area contributed by atoms with Crippen molar-refractivity contribution >= 4 is 11.7 Å². The van der Waals surface area contributed by atoms with Crippen molar-refractivity contribution in [1.82, 2.24) is 24.8 Å². The molecule has 2 N–H and O–H groups in total. The van der Waals surface area contributed by atoms with E-state index in [0.717, 1.165) is 74.2 Å². The Kier molecular flexibility index (Phi) is 6.52. The van der Waals surface area contributed by atoms with Gasteiger partial charge in [0.25, 0.3) is 5.91 Å². The lowest BCUT2D eigenvalue weighted by atomic mass is 9.79. The summed E-state index contributed by atoms with van der Waals surface area (Å²) in [7, 11) is 1.82. The lowest BCUT2D eigenvalue weighted by Crippen LogP contribution is -2.56. The Bertz CT molecular complexity index is 1080. The lowest BCUT2D eigenvalue weighted by Gasteiger charge is -2.47. The van der Waals surface area contributed by atoms with Crippen molar-refractivity contribution in [3.05, 3.63) is 41.7 Å². The van der Waals surface area contributed by atoms with Gasteiger partial charge in [-0.2, -0.15) is 5.06 Å². The maximum absolute atomic E-state index is 12.3. The predicted molar refractivity (Wildman–Crippen MR) is 134 cm³/mol. The van der Waals surface area contributed by atoms with Gasteiger partial charge in [0.05, 0.1) is 30.1 Å². The van der Waals surface area contributed by atoms with Crippen LogP contribution in [0.4, 0.5) is 5.82 Å². The van der Waals surface area contributed by atoms with Gasteiger partial charge in [-0.05, 0) is 50.5 Å². The molecule has 2 saturated heterocycles. The van der Waals surface area contributed by atoms with Gasteiger partial charge in [0.1, 0.15) is 5.82 Å². The fraction of sp³-hybridized carbons (Fsp3) is 0.577. The molecular formula is C26H36N6O3. The molecule has 1 aliphatic carbocycles. The van der Waals surface area contributed by atoms with Gasteiger partial charge in [0, 0.05) is 69.5 Å². The minimum Gasteiger partial charge on any atom is -0.412 e. The Balaban J connectivity index is 0.00000253. The van der Waals surface area contributed by atoms with Crippen molar-refractivity contribution in [3.63, 3.8) is 0 Å². The largest absolute Gasteiger partial charge is 0.412 e. The maximum atomic E-state index is 12.3. The summed E-state index contributed by atoms with van der Waals surface area (Å²) in [6.45, 7) is 9.71. The molecule has 1 saturated carbocycles.